The fourth-order valence-corrected chi connectivity index (χ4v) is 0.871. The molecule has 0 aliphatic heterocycles. The monoisotopic (exact) mass is 166 g/mol. The highest BCUT2D eigenvalue weighted by molar-refractivity contribution is 5.98. The van der Waals surface area contributed by atoms with Crippen LogP contribution in [0.15, 0.2) is 24.3 Å². The van der Waals surface area contributed by atoms with Crippen molar-refractivity contribution >= 4 is 11.6 Å². The molecule has 0 atom stereocenters. The number of nitrogens with one attached hydrogen (secondary N) is 1. The molecular weight excluding hydrogens is 156 g/mol. The van der Waals surface area contributed by atoms with E-state index in [2.05, 4.69) is 5.32 Å². The Labute approximate surface area is 70.0 Å². The van der Waals surface area contributed by atoms with E-state index in [1.807, 2.05) is 0 Å². The molecule has 0 aliphatic rings. The van der Waals surface area contributed by atoms with Crippen LogP contribution >= 0.6 is 0 Å². The molecule has 0 radical (unpaired) electrons. The number of nitrogens with two attached hydrogens (primary N) is 1. The second kappa shape index (κ2) is 3.73. The molecule has 0 spiro atoms. The van der Waals surface area contributed by atoms with Crippen LogP contribution in [0.1, 0.15) is 10.4 Å². The average molecular weight is 166 g/mol. The summed E-state index contributed by atoms with van der Waals surface area (Å²) >= 11 is 0. The Hall–Kier alpha value is -1.55. The molecule has 12 heavy (non-hydrogen) atoms. The number of aliphatic hydroxyl groups is 1. The molecule has 0 unspecified atom stereocenters. The van der Waals surface area contributed by atoms with Gasteiger partial charge >= 0.3 is 0 Å². The maximum absolute atomic E-state index is 11.1. The zero-order valence-corrected chi connectivity index (χ0v) is 6.45. The van der Waals surface area contributed by atoms with E-state index in [0.29, 0.717) is 11.3 Å². The van der Waals surface area contributed by atoms with Crippen molar-refractivity contribution in [1.29, 1.82) is 0 Å². The quantitative estimate of drug-likeness (QED) is 0.426. The Morgan fingerprint density at radius 3 is 2.75 bits per heavy atom. The lowest BCUT2D eigenvalue weighted by Gasteiger charge is -2.03. The number of hydrogen-bond donors (Lipinski definition) is 3. The largest absolute Gasteiger partial charge is 0.398 e. The number of carbonyl (C=O) groups is 1. The molecule has 0 heterocycles. The minimum absolute atomic E-state index is 0.365. The molecule has 1 aromatic rings. The second-order valence-corrected chi connectivity index (χ2v) is 2.25. The Morgan fingerprint density at radius 1 is 1.50 bits per heavy atom. The van der Waals surface area contributed by atoms with Crippen LogP contribution in [0, 0.1) is 0 Å². The van der Waals surface area contributed by atoms with Gasteiger partial charge in [-0.1, -0.05) is 12.1 Å². The third-order valence-corrected chi connectivity index (χ3v) is 1.45. The highest BCUT2D eigenvalue weighted by Crippen LogP contribution is 2.09. The van der Waals surface area contributed by atoms with Crippen molar-refractivity contribution in [2.24, 2.45) is 0 Å². The number of para-hydroxylation sites is 1. The van der Waals surface area contributed by atoms with Gasteiger partial charge in [0.1, 0.15) is 6.73 Å². The molecule has 4 N–H and O–H groups in total. The first-order valence-corrected chi connectivity index (χ1v) is 3.49. The summed E-state index contributed by atoms with van der Waals surface area (Å²) in [6.45, 7) is -0.382. The minimum Gasteiger partial charge on any atom is -0.398 e. The van der Waals surface area contributed by atoms with E-state index in [9.17, 15) is 4.79 Å². The van der Waals surface area contributed by atoms with E-state index in [1.54, 1.807) is 24.3 Å². The summed E-state index contributed by atoms with van der Waals surface area (Å²) in [5.74, 6) is -0.365. The molecule has 4 heteroatoms. The van der Waals surface area contributed by atoms with Crippen LogP contribution < -0.4 is 11.1 Å². The third-order valence-electron chi connectivity index (χ3n) is 1.45. The fraction of sp³-hybridized carbons (Fsp3) is 0.125. The fourth-order valence-electron chi connectivity index (χ4n) is 0.871. The van der Waals surface area contributed by atoms with E-state index in [4.69, 9.17) is 10.8 Å². The van der Waals surface area contributed by atoms with E-state index in [1.165, 1.54) is 0 Å². The van der Waals surface area contributed by atoms with E-state index < -0.39 is 0 Å². The Bertz CT molecular complexity index is 286. The van der Waals surface area contributed by atoms with Crippen molar-refractivity contribution < 1.29 is 9.90 Å². The molecule has 0 fully saturated rings. The van der Waals surface area contributed by atoms with E-state index in [0.717, 1.165) is 0 Å². The standard InChI is InChI=1S/C8H10N2O2/c9-7-4-2-1-3-6(7)8(12)10-5-11/h1-4,11H,5,9H2,(H,10,12). The predicted molar refractivity (Wildman–Crippen MR) is 45.4 cm³/mol. The van der Waals surface area contributed by atoms with Gasteiger partial charge in [0.15, 0.2) is 0 Å². The van der Waals surface area contributed by atoms with Crippen LogP contribution in [0.5, 0.6) is 0 Å². The molecule has 0 bridgehead atoms. The van der Waals surface area contributed by atoms with Crippen LogP contribution in [-0.2, 0) is 0 Å². The van der Waals surface area contributed by atoms with Crippen LogP contribution in [0.3, 0.4) is 0 Å². The lowest BCUT2D eigenvalue weighted by Crippen LogP contribution is -2.24. The smallest absolute Gasteiger partial charge is 0.255 e. The number of rotatable bonds is 2. The first-order valence-electron chi connectivity index (χ1n) is 3.49. The zero-order valence-electron chi connectivity index (χ0n) is 6.45. The molecule has 64 valence electrons. The maximum Gasteiger partial charge on any atom is 0.255 e. The van der Waals surface area contributed by atoms with Crippen molar-refractivity contribution in [1.82, 2.24) is 5.32 Å². The summed E-state index contributed by atoms with van der Waals surface area (Å²) < 4.78 is 0. The SMILES string of the molecule is Nc1ccccc1C(=O)NCO. The van der Waals surface area contributed by atoms with Gasteiger partial charge in [0, 0.05) is 5.69 Å². The number of hydrogen-bond acceptors (Lipinski definition) is 3. The summed E-state index contributed by atoms with van der Waals surface area (Å²) in [6, 6.07) is 6.68. The third kappa shape index (κ3) is 1.73. The number of anilines is 1. The van der Waals surface area contributed by atoms with Crippen molar-refractivity contribution in [3.05, 3.63) is 29.8 Å². The van der Waals surface area contributed by atoms with Crippen LogP contribution in [0.4, 0.5) is 5.69 Å². The number of aliphatic hydroxyl groups excluding tert-OH is 1. The van der Waals surface area contributed by atoms with Gasteiger partial charge in [-0.3, -0.25) is 4.79 Å². The summed E-state index contributed by atoms with van der Waals surface area (Å²) in [6.07, 6.45) is 0. The first-order chi connectivity index (χ1) is 5.75. The van der Waals surface area contributed by atoms with Crippen molar-refractivity contribution in [3.63, 3.8) is 0 Å². The van der Waals surface area contributed by atoms with Gasteiger partial charge in [0.2, 0.25) is 0 Å². The topological polar surface area (TPSA) is 75.4 Å². The van der Waals surface area contributed by atoms with Crippen LogP contribution in [0.2, 0.25) is 0 Å². The highest BCUT2D eigenvalue weighted by atomic mass is 16.3. The van der Waals surface area contributed by atoms with Crippen molar-refractivity contribution in [2.75, 3.05) is 12.5 Å². The lowest BCUT2D eigenvalue weighted by atomic mass is 10.2. The predicted octanol–water partition coefficient (Wildman–Crippen LogP) is -0.0516. The van der Waals surface area contributed by atoms with Crippen LogP contribution in [-0.4, -0.2) is 17.7 Å². The van der Waals surface area contributed by atoms with Gasteiger partial charge in [-0.15, -0.1) is 0 Å². The first kappa shape index (κ1) is 8.55. The van der Waals surface area contributed by atoms with Crippen LogP contribution in [0.25, 0.3) is 0 Å². The zero-order chi connectivity index (χ0) is 8.97. The molecule has 1 amide bonds. The average Bonchev–Trinajstić information content (AvgIpc) is 2.05. The van der Waals surface area contributed by atoms with E-state index in [-0.39, 0.29) is 12.6 Å². The lowest BCUT2D eigenvalue weighted by molar-refractivity contribution is 0.0911. The summed E-state index contributed by atoms with van der Waals surface area (Å²) in [5.41, 5.74) is 6.30. The Morgan fingerprint density at radius 2 is 2.17 bits per heavy atom. The van der Waals surface area contributed by atoms with Gasteiger partial charge in [0.05, 0.1) is 5.56 Å². The number of amides is 1. The minimum atomic E-state index is -0.382. The molecule has 4 nitrogen and oxygen atoms in total. The molecule has 1 rings (SSSR count). The van der Waals surface area contributed by atoms with Crippen molar-refractivity contribution in [2.45, 2.75) is 0 Å². The number of benzene rings is 1. The highest BCUT2D eigenvalue weighted by Gasteiger charge is 2.06. The maximum atomic E-state index is 11.1. The summed E-state index contributed by atoms with van der Waals surface area (Å²) in [4.78, 5) is 11.1. The summed E-state index contributed by atoms with van der Waals surface area (Å²) in [5, 5.41) is 10.7. The normalized spacial score (nSPS) is 9.42. The van der Waals surface area contributed by atoms with E-state index >= 15 is 0 Å². The van der Waals surface area contributed by atoms with Gasteiger partial charge in [-0.2, -0.15) is 0 Å². The molecule has 0 saturated heterocycles. The molecule has 0 aromatic heterocycles. The molecule has 0 aliphatic carbocycles. The number of carbonyl (C=O) groups excluding carboxylic acids is 1. The van der Waals surface area contributed by atoms with Gasteiger partial charge in [0.25, 0.3) is 5.91 Å². The van der Waals surface area contributed by atoms with Gasteiger partial charge in [-0.05, 0) is 12.1 Å². The van der Waals surface area contributed by atoms with Gasteiger partial charge < -0.3 is 16.2 Å². The number of nitrogen functional groups attached to an aromatic ring is 1. The Balaban J connectivity index is 2.87. The summed E-state index contributed by atoms with van der Waals surface area (Å²) in [7, 11) is 0. The molecule has 1 aromatic carbocycles. The molecular formula is C8H10N2O2. The van der Waals surface area contributed by atoms with Gasteiger partial charge in [-0.25, -0.2) is 0 Å². The van der Waals surface area contributed by atoms with Crippen molar-refractivity contribution in [3.8, 4) is 0 Å². The Kier molecular flexibility index (Phi) is 2.66. The second-order valence-electron chi connectivity index (χ2n) is 2.25. The molecule has 0 saturated carbocycles.